The SMILES string of the molecule is Cc1nn(C)cc1NC(=O)NC(C)(C)C. The molecule has 1 heterocycles. The molecule has 0 unspecified atom stereocenters. The van der Waals surface area contributed by atoms with Crippen LogP contribution in [0.25, 0.3) is 0 Å². The molecule has 0 saturated heterocycles. The van der Waals surface area contributed by atoms with Crippen molar-refractivity contribution in [2.45, 2.75) is 33.2 Å². The van der Waals surface area contributed by atoms with Crippen LogP contribution in [0.4, 0.5) is 10.5 Å². The normalized spacial score (nSPS) is 11.3. The number of nitrogens with one attached hydrogen (secondary N) is 2. The van der Waals surface area contributed by atoms with E-state index >= 15 is 0 Å². The maximum absolute atomic E-state index is 11.5. The summed E-state index contributed by atoms with van der Waals surface area (Å²) >= 11 is 0. The predicted octanol–water partition coefficient (Wildman–Crippen LogP) is 1.65. The van der Waals surface area contributed by atoms with Crippen LogP contribution in [0, 0.1) is 6.92 Å². The summed E-state index contributed by atoms with van der Waals surface area (Å²) in [7, 11) is 1.82. The van der Waals surface area contributed by atoms with Crippen LogP contribution >= 0.6 is 0 Å². The van der Waals surface area contributed by atoms with Gasteiger partial charge in [-0.15, -0.1) is 0 Å². The van der Waals surface area contributed by atoms with E-state index in [-0.39, 0.29) is 11.6 Å². The van der Waals surface area contributed by atoms with Crippen molar-refractivity contribution in [3.05, 3.63) is 11.9 Å². The standard InChI is InChI=1S/C10H18N4O/c1-7-8(6-14(5)13-7)11-9(15)12-10(2,3)4/h6H,1-5H3,(H2,11,12,15). The molecule has 0 saturated carbocycles. The maximum atomic E-state index is 11.5. The van der Waals surface area contributed by atoms with Crippen molar-refractivity contribution >= 4 is 11.7 Å². The van der Waals surface area contributed by atoms with Crippen molar-refractivity contribution in [3.8, 4) is 0 Å². The second kappa shape index (κ2) is 3.92. The van der Waals surface area contributed by atoms with E-state index < -0.39 is 0 Å². The van der Waals surface area contributed by atoms with E-state index in [0.29, 0.717) is 0 Å². The molecule has 1 aromatic rings. The number of rotatable bonds is 1. The van der Waals surface area contributed by atoms with E-state index in [1.54, 1.807) is 10.9 Å². The minimum atomic E-state index is -0.236. The van der Waals surface area contributed by atoms with Gasteiger partial charge in [0, 0.05) is 18.8 Å². The average Bonchev–Trinajstić information content (AvgIpc) is 2.25. The van der Waals surface area contributed by atoms with Crippen LogP contribution in [0.2, 0.25) is 0 Å². The summed E-state index contributed by atoms with van der Waals surface area (Å²) in [4.78, 5) is 11.5. The second-order valence-electron chi connectivity index (χ2n) is 4.63. The molecule has 1 rings (SSSR count). The quantitative estimate of drug-likeness (QED) is 0.740. The van der Waals surface area contributed by atoms with Gasteiger partial charge in [-0.25, -0.2) is 4.79 Å². The molecule has 15 heavy (non-hydrogen) atoms. The largest absolute Gasteiger partial charge is 0.333 e. The lowest BCUT2D eigenvalue weighted by Gasteiger charge is -2.20. The molecule has 0 radical (unpaired) electrons. The first-order chi connectivity index (χ1) is 6.78. The molecule has 84 valence electrons. The Hall–Kier alpha value is -1.52. The lowest BCUT2D eigenvalue weighted by atomic mass is 10.1. The van der Waals surface area contributed by atoms with E-state index in [1.165, 1.54) is 0 Å². The number of hydrogen-bond acceptors (Lipinski definition) is 2. The Morgan fingerprint density at radius 1 is 1.47 bits per heavy atom. The van der Waals surface area contributed by atoms with Gasteiger partial charge in [-0.3, -0.25) is 4.68 Å². The highest BCUT2D eigenvalue weighted by Crippen LogP contribution is 2.11. The summed E-state index contributed by atoms with van der Waals surface area (Å²) in [5, 5.41) is 9.71. The van der Waals surface area contributed by atoms with Gasteiger partial charge in [-0.05, 0) is 27.7 Å². The number of anilines is 1. The third-order valence-electron chi connectivity index (χ3n) is 1.75. The van der Waals surface area contributed by atoms with Crippen LogP contribution in [0.3, 0.4) is 0 Å². The van der Waals surface area contributed by atoms with Crippen molar-refractivity contribution in [1.82, 2.24) is 15.1 Å². The van der Waals surface area contributed by atoms with Crippen molar-refractivity contribution in [1.29, 1.82) is 0 Å². The first-order valence-electron chi connectivity index (χ1n) is 4.87. The van der Waals surface area contributed by atoms with Crippen molar-refractivity contribution in [2.24, 2.45) is 7.05 Å². The Labute approximate surface area is 89.9 Å². The van der Waals surface area contributed by atoms with Gasteiger partial charge < -0.3 is 10.6 Å². The third-order valence-corrected chi connectivity index (χ3v) is 1.75. The lowest BCUT2D eigenvalue weighted by molar-refractivity contribution is 0.244. The molecule has 0 aliphatic carbocycles. The fraction of sp³-hybridized carbons (Fsp3) is 0.600. The van der Waals surface area contributed by atoms with E-state index in [0.717, 1.165) is 11.4 Å². The van der Waals surface area contributed by atoms with Crippen molar-refractivity contribution in [3.63, 3.8) is 0 Å². The first-order valence-corrected chi connectivity index (χ1v) is 4.87. The Morgan fingerprint density at radius 3 is 2.47 bits per heavy atom. The number of urea groups is 1. The number of amides is 2. The van der Waals surface area contributed by atoms with Crippen molar-refractivity contribution in [2.75, 3.05) is 5.32 Å². The Kier molecular flexibility index (Phi) is 3.02. The number of nitrogens with zero attached hydrogens (tertiary/aromatic N) is 2. The number of carbonyl (C=O) groups is 1. The highest BCUT2D eigenvalue weighted by molar-refractivity contribution is 5.90. The molecule has 0 fully saturated rings. The zero-order valence-corrected chi connectivity index (χ0v) is 9.88. The molecule has 5 nitrogen and oxygen atoms in total. The molecule has 0 atom stereocenters. The molecule has 0 bridgehead atoms. The van der Waals surface area contributed by atoms with Gasteiger partial charge >= 0.3 is 6.03 Å². The highest BCUT2D eigenvalue weighted by atomic mass is 16.2. The number of aryl methyl sites for hydroxylation is 2. The first kappa shape index (κ1) is 11.6. The van der Waals surface area contributed by atoms with Gasteiger partial charge in [0.1, 0.15) is 0 Å². The third kappa shape index (κ3) is 3.61. The van der Waals surface area contributed by atoms with Crippen LogP contribution in [0.15, 0.2) is 6.20 Å². The zero-order valence-electron chi connectivity index (χ0n) is 9.88. The molecule has 0 aromatic carbocycles. The van der Waals surface area contributed by atoms with Gasteiger partial charge in [0.05, 0.1) is 11.4 Å². The van der Waals surface area contributed by atoms with Gasteiger partial charge in [-0.2, -0.15) is 5.10 Å². The Bertz CT molecular complexity index is 362. The summed E-state index contributed by atoms with van der Waals surface area (Å²) < 4.78 is 1.67. The molecule has 0 aliphatic heterocycles. The molecule has 2 N–H and O–H groups in total. The fourth-order valence-electron chi connectivity index (χ4n) is 1.22. The summed E-state index contributed by atoms with van der Waals surface area (Å²) in [6, 6.07) is -0.210. The van der Waals surface area contributed by atoms with E-state index in [1.807, 2.05) is 34.7 Å². The Balaban J connectivity index is 2.63. The lowest BCUT2D eigenvalue weighted by Crippen LogP contribution is -2.43. The molecular weight excluding hydrogens is 192 g/mol. The fourth-order valence-corrected chi connectivity index (χ4v) is 1.22. The minimum Gasteiger partial charge on any atom is -0.333 e. The molecule has 5 heteroatoms. The summed E-state index contributed by atoms with van der Waals surface area (Å²) in [6.07, 6.45) is 1.78. The highest BCUT2D eigenvalue weighted by Gasteiger charge is 2.14. The number of carbonyl (C=O) groups excluding carboxylic acids is 1. The molecule has 2 amide bonds. The van der Waals surface area contributed by atoms with Crippen LogP contribution in [-0.2, 0) is 7.05 Å². The predicted molar refractivity (Wildman–Crippen MR) is 59.9 cm³/mol. The van der Waals surface area contributed by atoms with E-state index in [4.69, 9.17) is 0 Å². The van der Waals surface area contributed by atoms with Gasteiger partial charge in [-0.1, -0.05) is 0 Å². The van der Waals surface area contributed by atoms with Gasteiger partial charge in [0.15, 0.2) is 0 Å². The van der Waals surface area contributed by atoms with Gasteiger partial charge in [0.2, 0.25) is 0 Å². The van der Waals surface area contributed by atoms with Crippen LogP contribution in [0.1, 0.15) is 26.5 Å². The summed E-state index contributed by atoms with van der Waals surface area (Å²) in [5.74, 6) is 0. The maximum Gasteiger partial charge on any atom is 0.319 e. The van der Waals surface area contributed by atoms with Crippen LogP contribution in [0.5, 0.6) is 0 Å². The number of hydrogen-bond donors (Lipinski definition) is 2. The van der Waals surface area contributed by atoms with E-state index in [9.17, 15) is 4.79 Å². The zero-order chi connectivity index (χ0) is 11.6. The topological polar surface area (TPSA) is 59.0 Å². The average molecular weight is 210 g/mol. The minimum absolute atomic E-state index is 0.210. The monoisotopic (exact) mass is 210 g/mol. The smallest absolute Gasteiger partial charge is 0.319 e. The molecule has 1 aromatic heterocycles. The molecule has 0 aliphatic rings. The summed E-state index contributed by atoms with van der Waals surface area (Å²) in [6.45, 7) is 7.65. The Morgan fingerprint density at radius 2 is 2.07 bits per heavy atom. The summed E-state index contributed by atoms with van der Waals surface area (Å²) in [5.41, 5.74) is 1.31. The second-order valence-corrected chi connectivity index (χ2v) is 4.63. The molecule has 0 spiro atoms. The van der Waals surface area contributed by atoms with Crippen molar-refractivity contribution < 1.29 is 4.79 Å². The van der Waals surface area contributed by atoms with Crippen LogP contribution < -0.4 is 10.6 Å². The van der Waals surface area contributed by atoms with Gasteiger partial charge in [0.25, 0.3) is 0 Å². The van der Waals surface area contributed by atoms with Crippen LogP contribution in [-0.4, -0.2) is 21.4 Å². The van der Waals surface area contributed by atoms with E-state index in [2.05, 4.69) is 15.7 Å². The number of aromatic nitrogens is 2. The molecular formula is C10H18N4O.